The number of aliphatic imine (C=N–C) groups is 1. The maximum Gasteiger partial charge on any atom is 0.271 e. The summed E-state index contributed by atoms with van der Waals surface area (Å²) in [5, 5.41) is 6.04. The summed E-state index contributed by atoms with van der Waals surface area (Å²) in [5.74, 6) is 0.489. The van der Waals surface area contributed by atoms with E-state index in [9.17, 15) is 4.79 Å². The van der Waals surface area contributed by atoms with E-state index < -0.39 is 0 Å². The van der Waals surface area contributed by atoms with E-state index in [4.69, 9.17) is 32.9 Å². The first kappa shape index (κ1) is 30.1. The first-order valence-corrected chi connectivity index (χ1v) is 16.4. The van der Waals surface area contributed by atoms with E-state index in [1.54, 1.807) is 17.0 Å². The standard InChI is InChI=1S/C39H28Cl2N2O2S/c1-24-14-17-29(20-34(24)40)42-39-43(30-18-15-25(2)35(41)21-30)38(44)37(46-39)22-33-32-13-6-4-9-27(32)16-19-36(33)45-23-28-11-7-10-26-8-3-5-12-31(26)28/h3-22H,23H2,1-2H3/b37-22+,42-39?. The molecular formula is C39H28Cl2N2O2S. The van der Waals surface area contributed by atoms with Crippen LogP contribution in [0, 0.1) is 13.8 Å². The minimum atomic E-state index is -0.199. The Morgan fingerprint density at radius 2 is 1.43 bits per heavy atom. The van der Waals surface area contributed by atoms with Crippen molar-refractivity contribution in [3.8, 4) is 5.75 Å². The van der Waals surface area contributed by atoms with E-state index in [1.165, 1.54) is 11.8 Å². The molecule has 0 unspecified atom stereocenters. The monoisotopic (exact) mass is 658 g/mol. The predicted octanol–water partition coefficient (Wildman–Crippen LogP) is 11.3. The van der Waals surface area contributed by atoms with E-state index in [1.807, 2.05) is 86.7 Å². The molecule has 4 nitrogen and oxygen atoms in total. The molecule has 1 saturated heterocycles. The highest BCUT2D eigenvalue weighted by molar-refractivity contribution is 8.19. The van der Waals surface area contributed by atoms with Crippen LogP contribution in [0.4, 0.5) is 11.4 Å². The molecule has 0 atom stereocenters. The SMILES string of the molecule is Cc1ccc(N=C2S/C(=C/c3c(OCc4cccc5ccccc45)ccc4ccccc34)C(=O)N2c2ccc(C)c(Cl)c2)cc1Cl. The van der Waals surface area contributed by atoms with Crippen molar-refractivity contribution in [3.05, 3.63) is 152 Å². The van der Waals surface area contributed by atoms with Crippen LogP contribution in [0.5, 0.6) is 5.75 Å². The summed E-state index contributed by atoms with van der Waals surface area (Å²) in [5.41, 5.74) is 5.09. The highest BCUT2D eigenvalue weighted by atomic mass is 35.5. The van der Waals surface area contributed by atoms with Crippen LogP contribution in [0.1, 0.15) is 22.3 Å². The van der Waals surface area contributed by atoms with Gasteiger partial charge in [-0.25, -0.2) is 4.99 Å². The molecule has 0 saturated carbocycles. The number of carbonyl (C=O) groups is 1. The molecule has 6 aromatic rings. The minimum Gasteiger partial charge on any atom is -0.488 e. The number of hydrogen-bond donors (Lipinski definition) is 0. The number of halogens is 2. The predicted molar refractivity (Wildman–Crippen MR) is 195 cm³/mol. The van der Waals surface area contributed by atoms with Crippen molar-refractivity contribution >= 4 is 85.0 Å². The fraction of sp³-hybridized carbons (Fsp3) is 0.0769. The average molecular weight is 660 g/mol. The highest BCUT2D eigenvalue weighted by Gasteiger charge is 2.35. The van der Waals surface area contributed by atoms with Gasteiger partial charge in [-0.3, -0.25) is 9.69 Å². The summed E-state index contributed by atoms with van der Waals surface area (Å²) in [4.78, 5) is 21.3. The quantitative estimate of drug-likeness (QED) is 0.167. The third kappa shape index (κ3) is 5.90. The topological polar surface area (TPSA) is 41.9 Å². The molecule has 0 aliphatic carbocycles. The molecule has 46 heavy (non-hydrogen) atoms. The fourth-order valence-electron chi connectivity index (χ4n) is 5.51. The average Bonchev–Trinajstić information content (AvgIpc) is 3.37. The zero-order chi connectivity index (χ0) is 31.8. The van der Waals surface area contributed by atoms with E-state index in [2.05, 4.69) is 36.4 Å². The molecule has 0 aromatic heterocycles. The maximum atomic E-state index is 14.2. The van der Waals surface area contributed by atoms with Gasteiger partial charge in [-0.1, -0.05) is 108 Å². The Labute approximate surface area is 281 Å². The molecule has 1 aliphatic rings. The van der Waals surface area contributed by atoms with E-state index in [-0.39, 0.29) is 5.91 Å². The fourth-order valence-corrected chi connectivity index (χ4v) is 6.85. The Hall–Kier alpha value is -4.55. The van der Waals surface area contributed by atoms with Crippen molar-refractivity contribution < 1.29 is 9.53 Å². The molecule has 7 heteroatoms. The summed E-state index contributed by atoms with van der Waals surface area (Å²) in [6.07, 6.45) is 1.92. The van der Waals surface area contributed by atoms with Gasteiger partial charge in [0.15, 0.2) is 5.17 Å². The van der Waals surface area contributed by atoms with Crippen molar-refractivity contribution in [2.45, 2.75) is 20.5 Å². The Morgan fingerprint density at radius 3 is 2.20 bits per heavy atom. The minimum absolute atomic E-state index is 0.199. The number of fused-ring (bicyclic) bond motifs is 2. The molecule has 0 spiro atoms. The van der Waals surface area contributed by atoms with Crippen LogP contribution >= 0.6 is 35.0 Å². The lowest BCUT2D eigenvalue weighted by Gasteiger charge is -2.17. The van der Waals surface area contributed by atoms with Gasteiger partial charge in [-0.15, -0.1) is 0 Å². The third-order valence-electron chi connectivity index (χ3n) is 8.07. The Balaban J connectivity index is 1.32. The van der Waals surface area contributed by atoms with Crippen LogP contribution in [0.25, 0.3) is 27.6 Å². The molecule has 7 rings (SSSR count). The molecule has 1 heterocycles. The van der Waals surface area contributed by atoms with Crippen LogP contribution < -0.4 is 9.64 Å². The summed E-state index contributed by atoms with van der Waals surface area (Å²) < 4.78 is 6.53. The number of amides is 1. The lowest BCUT2D eigenvalue weighted by Crippen LogP contribution is -2.28. The molecule has 1 fully saturated rings. The summed E-state index contributed by atoms with van der Waals surface area (Å²) >= 11 is 14.3. The number of benzene rings is 6. The van der Waals surface area contributed by atoms with Gasteiger partial charge in [-0.2, -0.15) is 0 Å². The summed E-state index contributed by atoms with van der Waals surface area (Å²) in [6.45, 7) is 4.26. The van der Waals surface area contributed by atoms with Gasteiger partial charge in [0.2, 0.25) is 0 Å². The summed E-state index contributed by atoms with van der Waals surface area (Å²) in [6, 6.07) is 37.9. The molecule has 0 bridgehead atoms. The molecule has 0 radical (unpaired) electrons. The van der Waals surface area contributed by atoms with E-state index in [0.717, 1.165) is 43.8 Å². The first-order valence-electron chi connectivity index (χ1n) is 14.8. The van der Waals surface area contributed by atoms with Crippen molar-refractivity contribution in [3.63, 3.8) is 0 Å². The van der Waals surface area contributed by atoms with Crippen LogP contribution in [-0.2, 0) is 11.4 Å². The van der Waals surface area contributed by atoms with Gasteiger partial charge in [-0.05, 0) is 100 Å². The number of aryl methyl sites for hydroxylation is 2. The van der Waals surface area contributed by atoms with E-state index in [0.29, 0.717) is 43.8 Å². The number of amidine groups is 1. The zero-order valence-electron chi connectivity index (χ0n) is 25.1. The second kappa shape index (κ2) is 12.7. The third-order valence-corrected chi connectivity index (χ3v) is 9.85. The number of nitrogens with zero attached hydrogens (tertiary/aromatic N) is 2. The maximum absolute atomic E-state index is 14.2. The number of hydrogen-bond acceptors (Lipinski definition) is 4. The number of thioether (sulfide) groups is 1. The molecule has 6 aromatic carbocycles. The lowest BCUT2D eigenvalue weighted by atomic mass is 10.0. The smallest absolute Gasteiger partial charge is 0.271 e. The Bertz CT molecular complexity index is 2220. The van der Waals surface area contributed by atoms with Crippen molar-refractivity contribution in [1.82, 2.24) is 0 Å². The number of carbonyl (C=O) groups excluding carboxylic acids is 1. The van der Waals surface area contributed by atoms with E-state index >= 15 is 0 Å². The van der Waals surface area contributed by atoms with Crippen LogP contribution in [0.15, 0.2) is 125 Å². The van der Waals surface area contributed by atoms with Gasteiger partial charge in [0.05, 0.1) is 16.3 Å². The van der Waals surface area contributed by atoms with Crippen molar-refractivity contribution in [2.24, 2.45) is 4.99 Å². The van der Waals surface area contributed by atoms with Gasteiger partial charge in [0.25, 0.3) is 5.91 Å². The zero-order valence-corrected chi connectivity index (χ0v) is 27.5. The molecule has 226 valence electrons. The van der Waals surface area contributed by atoms with Gasteiger partial charge in [0, 0.05) is 15.6 Å². The normalized spacial score (nSPS) is 15.0. The Kier molecular flexibility index (Phi) is 8.31. The van der Waals surface area contributed by atoms with Crippen LogP contribution in [-0.4, -0.2) is 11.1 Å². The number of anilines is 1. The van der Waals surface area contributed by atoms with Crippen molar-refractivity contribution in [1.29, 1.82) is 0 Å². The molecular weight excluding hydrogens is 631 g/mol. The molecule has 1 amide bonds. The molecule has 0 N–H and O–H groups in total. The largest absolute Gasteiger partial charge is 0.488 e. The van der Waals surface area contributed by atoms with Gasteiger partial charge < -0.3 is 4.74 Å². The lowest BCUT2D eigenvalue weighted by molar-refractivity contribution is -0.113. The second-order valence-corrected chi connectivity index (χ2v) is 13.0. The Morgan fingerprint density at radius 1 is 0.761 bits per heavy atom. The van der Waals surface area contributed by atoms with Crippen LogP contribution in [0.3, 0.4) is 0 Å². The summed E-state index contributed by atoms with van der Waals surface area (Å²) in [7, 11) is 0. The number of ether oxygens (including phenoxy) is 1. The van der Waals surface area contributed by atoms with Gasteiger partial charge >= 0.3 is 0 Å². The van der Waals surface area contributed by atoms with Crippen molar-refractivity contribution in [2.75, 3.05) is 4.90 Å². The van der Waals surface area contributed by atoms with Gasteiger partial charge in [0.1, 0.15) is 12.4 Å². The first-order chi connectivity index (χ1) is 22.4. The number of rotatable bonds is 6. The highest BCUT2D eigenvalue weighted by Crippen LogP contribution is 2.41. The second-order valence-electron chi connectivity index (χ2n) is 11.1. The molecule has 1 aliphatic heterocycles. The van der Waals surface area contributed by atoms with Crippen LogP contribution in [0.2, 0.25) is 10.0 Å².